The van der Waals surface area contributed by atoms with Gasteiger partial charge in [0.25, 0.3) is 0 Å². The quantitative estimate of drug-likeness (QED) is 0.710. The highest BCUT2D eigenvalue weighted by molar-refractivity contribution is 7.81. The normalized spacial score (nSPS) is 27.6. The predicted molar refractivity (Wildman–Crippen MR) is 90.1 cm³/mol. The van der Waals surface area contributed by atoms with E-state index in [4.69, 9.17) is 12.6 Å². The van der Waals surface area contributed by atoms with Gasteiger partial charge in [0.2, 0.25) is 0 Å². The molecule has 1 fully saturated rings. The van der Waals surface area contributed by atoms with Gasteiger partial charge in [-0.25, -0.2) is 0 Å². The fourth-order valence-electron chi connectivity index (χ4n) is 3.65. The molecule has 0 amide bonds. The van der Waals surface area contributed by atoms with E-state index in [1.54, 1.807) is 0 Å². The van der Waals surface area contributed by atoms with Crippen LogP contribution in [0.25, 0.3) is 0 Å². The van der Waals surface area contributed by atoms with Gasteiger partial charge in [0, 0.05) is 10.3 Å². The van der Waals surface area contributed by atoms with E-state index in [0.29, 0.717) is 5.41 Å². The van der Waals surface area contributed by atoms with Crippen LogP contribution in [-0.2, 0) is 0 Å². The average Bonchev–Trinajstić information content (AvgIpc) is 2.37. The second-order valence-electron chi connectivity index (χ2n) is 8.45. The Morgan fingerprint density at radius 1 is 1.11 bits per heavy atom. The van der Waals surface area contributed by atoms with E-state index in [1.807, 2.05) is 0 Å². The lowest BCUT2D eigenvalue weighted by molar-refractivity contribution is 0.0979. The molecule has 0 aromatic carbocycles. The number of likely N-dealkylation sites (tertiary alicyclic amines) is 1. The van der Waals surface area contributed by atoms with Crippen LogP contribution in [0.2, 0.25) is 0 Å². The molecule has 0 spiro atoms. The van der Waals surface area contributed by atoms with Gasteiger partial charge in [-0.3, -0.25) is 4.90 Å². The van der Waals surface area contributed by atoms with Crippen LogP contribution in [0, 0.1) is 11.3 Å². The van der Waals surface area contributed by atoms with E-state index in [0.717, 1.165) is 12.3 Å². The summed E-state index contributed by atoms with van der Waals surface area (Å²) in [5, 5.41) is 0. The third kappa shape index (κ3) is 4.97. The first-order valence-corrected chi connectivity index (χ1v) is 8.38. The predicted octanol–water partition coefficient (Wildman–Crippen LogP) is 5.01. The molecular weight excluding hydrogens is 250 g/mol. The van der Waals surface area contributed by atoms with Crippen molar-refractivity contribution in [3.8, 4) is 0 Å². The van der Waals surface area contributed by atoms with Crippen molar-refractivity contribution in [2.75, 3.05) is 13.1 Å². The molecule has 2 heteroatoms. The average molecular weight is 286 g/mol. The van der Waals surface area contributed by atoms with E-state index in [9.17, 15) is 0 Å². The summed E-state index contributed by atoms with van der Waals surface area (Å²) in [6, 6.07) is 0. The van der Waals surface area contributed by atoms with Crippen molar-refractivity contribution in [1.29, 1.82) is 0 Å². The van der Waals surface area contributed by atoms with Crippen molar-refractivity contribution in [3.05, 3.63) is 0 Å². The summed E-state index contributed by atoms with van der Waals surface area (Å²) >= 11 is 4.73. The Bertz CT molecular complexity index is 290. The van der Waals surface area contributed by atoms with E-state index in [1.165, 1.54) is 32.4 Å². The van der Waals surface area contributed by atoms with Gasteiger partial charge < -0.3 is 0 Å². The zero-order valence-electron chi connectivity index (χ0n) is 14.2. The molecule has 0 N–H and O–H groups in total. The van der Waals surface area contributed by atoms with E-state index in [-0.39, 0.29) is 10.3 Å². The molecule has 0 saturated carbocycles. The highest BCUT2D eigenvalue weighted by Crippen LogP contribution is 2.40. The van der Waals surface area contributed by atoms with Gasteiger partial charge in [-0.1, -0.05) is 34.6 Å². The van der Waals surface area contributed by atoms with Crippen molar-refractivity contribution in [2.24, 2.45) is 11.3 Å². The van der Waals surface area contributed by atoms with Crippen LogP contribution in [0.5, 0.6) is 0 Å². The second-order valence-corrected chi connectivity index (χ2v) is 9.66. The van der Waals surface area contributed by atoms with Gasteiger partial charge in [-0.15, -0.1) is 0 Å². The number of nitrogens with zero attached hydrogens (tertiary/aromatic N) is 1. The van der Waals surface area contributed by atoms with Crippen LogP contribution >= 0.6 is 12.6 Å². The Morgan fingerprint density at radius 2 is 1.68 bits per heavy atom. The minimum Gasteiger partial charge on any atom is -0.298 e. The van der Waals surface area contributed by atoms with Crippen molar-refractivity contribution < 1.29 is 0 Å². The van der Waals surface area contributed by atoms with E-state index in [2.05, 4.69) is 53.4 Å². The smallest absolute Gasteiger partial charge is 0.0166 e. The molecule has 1 aliphatic rings. The first kappa shape index (κ1) is 17.4. The Morgan fingerprint density at radius 3 is 2.16 bits per heavy atom. The lowest BCUT2D eigenvalue weighted by atomic mass is 9.73. The van der Waals surface area contributed by atoms with Crippen LogP contribution in [-0.4, -0.2) is 28.3 Å². The molecule has 1 heterocycles. The monoisotopic (exact) mass is 285 g/mol. The summed E-state index contributed by atoms with van der Waals surface area (Å²) in [5.41, 5.74) is 0.787. The molecule has 0 radical (unpaired) electrons. The number of hydrogen-bond donors (Lipinski definition) is 1. The summed E-state index contributed by atoms with van der Waals surface area (Å²) in [7, 11) is 0. The highest BCUT2D eigenvalue weighted by Gasteiger charge is 2.36. The molecule has 1 rings (SSSR count). The molecule has 19 heavy (non-hydrogen) atoms. The highest BCUT2D eigenvalue weighted by atomic mass is 32.1. The summed E-state index contributed by atoms with van der Waals surface area (Å²) in [5.74, 6) is 0.789. The summed E-state index contributed by atoms with van der Waals surface area (Å²) < 4.78 is 0.108. The molecule has 114 valence electrons. The van der Waals surface area contributed by atoms with Crippen LogP contribution in [0.15, 0.2) is 0 Å². The molecule has 1 aliphatic heterocycles. The van der Waals surface area contributed by atoms with Crippen molar-refractivity contribution in [1.82, 2.24) is 4.90 Å². The third-order valence-electron chi connectivity index (χ3n) is 5.24. The molecule has 0 aliphatic carbocycles. The Labute approximate surface area is 126 Å². The maximum Gasteiger partial charge on any atom is 0.0166 e. The van der Waals surface area contributed by atoms with Gasteiger partial charge in [-0.05, 0) is 64.0 Å². The van der Waals surface area contributed by atoms with Crippen molar-refractivity contribution in [3.63, 3.8) is 0 Å². The Kier molecular flexibility index (Phi) is 5.46. The standard InChI is InChI=1S/C17H35NS/c1-14(2)17(7)9-8-11-18(12-10-17)15(3,4)13-16(5,6)19/h14,19H,8-13H2,1-7H3. The number of hydrogen-bond acceptors (Lipinski definition) is 2. The maximum absolute atomic E-state index is 4.73. The Balaban J connectivity index is 2.72. The van der Waals surface area contributed by atoms with Gasteiger partial charge >= 0.3 is 0 Å². The molecule has 1 atom stereocenters. The molecule has 1 nitrogen and oxygen atoms in total. The van der Waals surface area contributed by atoms with Gasteiger partial charge in [0.05, 0.1) is 0 Å². The third-order valence-corrected chi connectivity index (χ3v) is 5.40. The molecule has 1 saturated heterocycles. The minimum atomic E-state index is 0.108. The van der Waals surface area contributed by atoms with E-state index >= 15 is 0 Å². The fourth-order valence-corrected chi connectivity index (χ4v) is 4.04. The second kappa shape index (κ2) is 5.97. The van der Waals surface area contributed by atoms with Gasteiger partial charge in [0.1, 0.15) is 0 Å². The molecule has 0 bridgehead atoms. The lowest BCUT2D eigenvalue weighted by Gasteiger charge is -2.42. The summed E-state index contributed by atoms with van der Waals surface area (Å²) in [4.78, 5) is 2.71. The van der Waals surface area contributed by atoms with Crippen LogP contribution in [0.1, 0.15) is 74.1 Å². The molecular formula is C17H35NS. The summed E-state index contributed by atoms with van der Waals surface area (Å²) in [6.45, 7) is 19.0. The molecule has 0 aromatic heterocycles. The minimum absolute atomic E-state index is 0.108. The van der Waals surface area contributed by atoms with Crippen LogP contribution in [0.3, 0.4) is 0 Å². The topological polar surface area (TPSA) is 3.24 Å². The maximum atomic E-state index is 4.73. The van der Waals surface area contributed by atoms with Gasteiger partial charge in [-0.2, -0.15) is 12.6 Å². The zero-order valence-corrected chi connectivity index (χ0v) is 15.1. The Hall–Kier alpha value is 0.310. The summed E-state index contributed by atoms with van der Waals surface area (Å²) in [6.07, 6.45) is 5.19. The van der Waals surface area contributed by atoms with Crippen molar-refractivity contribution >= 4 is 12.6 Å². The number of thiol groups is 1. The number of rotatable bonds is 4. The lowest BCUT2D eigenvalue weighted by Crippen LogP contribution is -2.47. The fraction of sp³-hybridized carbons (Fsp3) is 1.00. The van der Waals surface area contributed by atoms with E-state index < -0.39 is 0 Å². The first-order valence-electron chi connectivity index (χ1n) is 7.94. The zero-order chi connectivity index (χ0) is 14.9. The van der Waals surface area contributed by atoms with Gasteiger partial charge in [0.15, 0.2) is 0 Å². The molecule has 1 unspecified atom stereocenters. The van der Waals surface area contributed by atoms with Crippen molar-refractivity contribution in [2.45, 2.75) is 84.4 Å². The van der Waals surface area contributed by atoms with Crippen LogP contribution in [0.4, 0.5) is 0 Å². The van der Waals surface area contributed by atoms with Crippen LogP contribution < -0.4 is 0 Å². The molecule has 0 aromatic rings. The first-order chi connectivity index (χ1) is 8.46. The SMILES string of the molecule is CC(C)C1(C)CCCN(C(C)(C)CC(C)(C)S)CC1. The largest absolute Gasteiger partial charge is 0.298 e.